The van der Waals surface area contributed by atoms with E-state index in [4.69, 9.17) is 13.3 Å². The lowest BCUT2D eigenvalue weighted by molar-refractivity contribution is 0.0622. The summed E-state index contributed by atoms with van der Waals surface area (Å²) < 4.78 is 16.3. The van der Waals surface area contributed by atoms with Crippen LogP contribution < -0.4 is 0 Å². The highest BCUT2D eigenvalue weighted by Crippen LogP contribution is 2.16. The quantitative estimate of drug-likeness (QED) is 0.603. The minimum absolute atomic E-state index is 0.219. The molecule has 0 aromatic rings. The van der Waals surface area contributed by atoms with Crippen molar-refractivity contribution in [1.29, 1.82) is 0 Å². The topological polar surface area (TPSA) is 27.7 Å². The van der Waals surface area contributed by atoms with Crippen molar-refractivity contribution in [3.05, 3.63) is 0 Å². The Labute approximate surface area is 76.4 Å². The molecular formula is C8H20O3Si. The minimum atomic E-state index is -2.30. The van der Waals surface area contributed by atoms with Crippen molar-refractivity contribution in [2.45, 2.75) is 39.3 Å². The normalized spacial score (nSPS) is 14.8. The molecule has 0 saturated heterocycles. The summed E-state index contributed by atoms with van der Waals surface area (Å²) >= 11 is 0. The van der Waals surface area contributed by atoms with Crippen LogP contribution in [-0.2, 0) is 13.3 Å². The zero-order chi connectivity index (χ0) is 9.61. The standard InChI is InChI=1S/C8H20O3Si/c1-6-8(3)11-12(7-2,9-4)10-5/h8H,6-7H2,1-5H3. The van der Waals surface area contributed by atoms with Crippen LogP contribution in [-0.4, -0.2) is 29.1 Å². The van der Waals surface area contributed by atoms with E-state index in [-0.39, 0.29) is 6.10 Å². The van der Waals surface area contributed by atoms with Gasteiger partial charge in [-0.2, -0.15) is 0 Å². The predicted molar refractivity (Wildman–Crippen MR) is 51.1 cm³/mol. The van der Waals surface area contributed by atoms with E-state index in [1.165, 1.54) is 0 Å². The van der Waals surface area contributed by atoms with Crippen LogP contribution >= 0.6 is 0 Å². The summed E-state index contributed by atoms with van der Waals surface area (Å²) in [5, 5.41) is 0. The summed E-state index contributed by atoms with van der Waals surface area (Å²) in [6.07, 6.45) is 1.21. The molecule has 3 nitrogen and oxygen atoms in total. The van der Waals surface area contributed by atoms with E-state index in [9.17, 15) is 0 Å². The highest BCUT2D eigenvalue weighted by molar-refractivity contribution is 6.60. The van der Waals surface area contributed by atoms with Gasteiger partial charge < -0.3 is 13.3 Å². The van der Waals surface area contributed by atoms with Crippen molar-refractivity contribution in [2.24, 2.45) is 0 Å². The Morgan fingerprint density at radius 1 is 1.17 bits per heavy atom. The maximum atomic E-state index is 5.73. The fourth-order valence-electron chi connectivity index (χ4n) is 0.941. The van der Waals surface area contributed by atoms with Crippen molar-refractivity contribution in [1.82, 2.24) is 0 Å². The van der Waals surface area contributed by atoms with E-state index < -0.39 is 8.80 Å². The van der Waals surface area contributed by atoms with E-state index in [0.717, 1.165) is 12.5 Å². The molecule has 0 rings (SSSR count). The highest BCUT2D eigenvalue weighted by Gasteiger charge is 2.37. The van der Waals surface area contributed by atoms with Gasteiger partial charge in [0.2, 0.25) is 0 Å². The predicted octanol–water partition coefficient (Wildman–Crippen LogP) is 2.05. The van der Waals surface area contributed by atoms with Gasteiger partial charge in [-0.25, -0.2) is 0 Å². The first-order chi connectivity index (χ1) is 5.64. The van der Waals surface area contributed by atoms with E-state index in [1.807, 2.05) is 13.8 Å². The zero-order valence-electron chi connectivity index (χ0n) is 8.72. The second-order valence-electron chi connectivity index (χ2n) is 2.78. The van der Waals surface area contributed by atoms with Gasteiger partial charge in [-0.1, -0.05) is 13.8 Å². The molecule has 1 atom stereocenters. The maximum Gasteiger partial charge on any atom is 0.500 e. The first kappa shape index (κ1) is 12.1. The van der Waals surface area contributed by atoms with Crippen LogP contribution in [0.3, 0.4) is 0 Å². The number of hydrogen-bond donors (Lipinski definition) is 0. The molecule has 0 bridgehead atoms. The fourth-order valence-corrected chi connectivity index (χ4v) is 2.82. The van der Waals surface area contributed by atoms with Crippen LogP contribution in [0.25, 0.3) is 0 Å². The summed E-state index contributed by atoms with van der Waals surface area (Å²) in [7, 11) is 1.01. The molecule has 0 aromatic carbocycles. The number of hydrogen-bond acceptors (Lipinski definition) is 3. The molecule has 4 heteroatoms. The molecular weight excluding hydrogens is 172 g/mol. The molecule has 12 heavy (non-hydrogen) atoms. The molecule has 0 radical (unpaired) electrons. The Balaban J connectivity index is 4.09. The first-order valence-electron chi connectivity index (χ1n) is 4.42. The average molecular weight is 192 g/mol. The first-order valence-corrected chi connectivity index (χ1v) is 6.35. The molecule has 1 unspecified atom stereocenters. The lowest BCUT2D eigenvalue weighted by Crippen LogP contribution is -2.45. The van der Waals surface area contributed by atoms with Crippen molar-refractivity contribution in [3.63, 3.8) is 0 Å². The SMILES string of the molecule is CCC(C)O[Si](CC)(OC)OC. The zero-order valence-corrected chi connectivity index (χ0v) is 9.72. The van der Waals surface area contributed by atoms with Gasteiger partial charge in [-0.15, -0.1) is 0 Å². The molecule has 0 saturated carbocycles. The Bertz CT molecular complexity index is 107. The number of rotatable bonds is 6. The lowest BCUT2D eigenvalue weighted by Gasteiger charge is -2.28. The van der Waals surface area contributed by atoms with Gasteiger partial charge in [0.25, 0.3) is 0 Å². The molecule has 0 aliphatic carbocycles. The minimum Gasteiger partial charge on any atom is -0.377 e. The van der Waals surface area contributed by atoms with Gasteiger partial charge in [0.15, 0.2) is 0 Å². The van der Waals surface area contributed by atoms with Gasteiger partial charge >= 0.3 is 8.80 Å². The Kier molecular flexibility index (Phi) is 5.74. The van der Waals surface area contributed by atoms with Gasteiger partial charge in [-0.3, -0.25) is 0 Å². The van der Waals surface area contributed by atoms with Crippen molar-refractivity contribution in [3.8, 4) is 0 Å². The molecule has 0 N–H and O–H groups in total. The van der Waals surface area contributed by atoms with Crippen LogP contribution in [0, 0.1) is 0 Å². The largest absolute Gasteiger partial charge is 0.500 e. The average Bonchev–Trinajstić information content (AvgIpc) is 2.14. The summed E-state index contributed by atoms with van der Waals surface area (Å²) in [6, 6.07) is 0.824. The summed E-state index contributed by atoms with van der Waals surface area (Å²) in [4.78, 5) is 0. The third-order valence-corrected chi connectivity index (χ3v) is 4.88. The van der Waals surface area contributed by atoms with E-state index >= 15 is 0 Å². The van der Waals surface area contributed by atoms with Crippen LogP contribution in [0.5, 0.6) is 0 Å². The van der Waals surface area contributed by atoms with Crippen molar-refractivity contribution >= 4 is 8.80 Å². The third kappa shape index (κ3) is 3.22. The smallest absolute Gasteiger partial charge is 0.377 e. The van der Waals surface area contributed by atoms with Crippen LogP contribution in [0.15, 0.2) is 0 Å². The van der Waals surface area contributed by atoms with Gasteiger partial charge in [0.05, 0.1) is 0 Å². The lowest BCUT2D eigenvalue weighted by atomic mass is 10.3. The molecule has 0 aliphatic heterocycles. The molecule has 0 fully saturated rings. The Hall–Kier alpha value is 0.0969. The van der Waals surface area contributed by atoms with Crippen molar-refractivity contribution < 1.29 is 13.3 Å². The maximum absolute atomic E-state index is 5.73. The Morgan fingerprint density at radius 2 is 1.67 bits per heavy atom. The van der Waals surface area contributed by atoms with Crippen LogP contribution in [0.4, 0.5) is 0 Å². The van der Waals surface area contributed by atoms with E-state index in [0.29, 0.717) is 0 Å². The van der Waals surface area contributed by atoms with Crippen LogP contribution in [0.1, 0.15) is 27.2 Å². The molecule has 0 heterocycles. The molecule has 0 amide bonds. The van der Waals surface area contributed by atoms with E-state index in [2.05, 4.69) is 6.92 Å². The van der Waals surface area contributed by atoms with Crippen LogP contribution in [0.2, 0.25) is 6.04 Å². The fraction of sp³-hybridized carbons (Fsp3) is 1.00. The Morgan fingerprint density at radius 3 is 1.92 bits per heavy atom. The van der Waals surface area contributed by atoms with Crippen molar-refractivity contribution in [2.75, 3.05) is 14.2 Å². The van der Waals surface area contributed by atoms with E-state index in [1.54, 1.807) is 14.2 Å². The second kappa shape index (κ2) is 5.69. The second-order valence-corrected chi connectivity index (χ2v) is 5.91. The third-order valence-electron chi connectivity index (χ3n) is 2.01. The molecule has 74 valence electrons. The summed E-state index contributed by atoms with van der Waals surface area (Å²) in [6.45, 7) is 6.15. The highest BCUT2D eigenvalue weighted by atomic mass is 28.4. The van der Waals surface area contributed by atoms with Gasteiger partial charge in [-0.05, 0) is 13.3 Å². The molecule has 0 aliphatic rings. The summed E-state index contributed by atoms with van der Waals surface area (Å²) in [5.41, 5.74) is 0. The van der Waals surface area contributed by atoms with Gasteiger partial charge in [0, 0.05) is 26.4 Å². The monoisotopic (exact) mass is 192 g/mol. The molecule has 0 spiro atoms. The summed E-state index contributed by atoms with van der Waals surface area (Å²) in [5.74, 6) is 0. The molecule has 0 aromatic heterocycles. The van der Waals surface area contributed by atoms with Gasteiger partial charge in [0.1, 0.15) is 0 Å².